The summed E-state index contributed by atoms with van der Waals surface area (Å²) in [6, 6.07) is 2.96. The molecule has 2 N–H and O–H groups in total. The molecule has 0 unspecified atom stereocenters. The van der Waals surface area contributed by atoms with E-state index in [0.717, 1.165) is 6.20 Å². The molecule has 1 aromatic rings. The number of nitrogens with zero attached hydrogens (tertiary/aromatic N) is 1. The van der Waals surface area contributed by atoms with Crippen molar-refractivity contribution >= 4 is 41.1 Å². The molecule has 0 spiro atoms. The van der Waals surface area contributed by atoms with Crippen molar-refractivity contribution in [3.8, 4) is 0 Å². The molecule has 0 saturated heterocycles. The molecule has 16 heavy (non-hydrogen) atoms. The quantitative estimate of drug-likeness (QED) is 0.519. The van der Waals surface area contributed by atoms with Crippen molar-refractivity contribution in [2.24, 2.45) is 0 Å². The van der Waals surface area contributed by atoms with Crippen molar-refractivity contribution in [2.45, 2.75) is 6.18 Å². The van der Waals surface area contributed by atoms with Gasteiger partial charge in [0, 0.05) is 0 Å². The van der Waals surface area contributed by atoms with Crippen LogP contribution in [0.1, 0.15) is 5.69 Å². The molecule has 0 saturated carbocycles. The van der Waals surface area contributed by atoms with Gasteiger partial charge in [0.25, 0.3) is 0 Å². The van der Waals surface area contributed by atoms with E-state index in [4.69, 9.17) is 17.5 Å². The minimum atomic E-state index is -4.67. The second-order valence-electron chi connectivity index (χ2n) is 2.61. The zero-order valence-electron chi connectivity index (χ0n) is 7.93. The van der Waals surface area contributed by atoms with Crippen molar-refractivity contribution in [3.63, 3.8) is 0 Å². The smallest absolute Gasteiger partial charge is 0.264 e. The summed E-state index contributed by atoms with van der Waals surface area (Å²) in [6.07, 6.45) is -3.14. The molecule has 0 aliphatic heterocycles. The fourth-order valence-corrected chi connectivity index (χ4v) is 1.39. The number of pyridine rings is 1. The number of aromatic nitrogens is 1. The van der Waals surface area contributed by atoms with Crippen LogP contribution < -0.4 is 2.81 Å². The summed E-state index contributed by atoms with van der Waals surface area (Å²) in [5, 5.41) is 0. The predicted molar refractivity (Wildman–Crippen MR) is 48.8 cm³/mol. The molecule has 1 aromatic heterocycles. The topological polar surface area (TPSA) is 87.5 Å². The Kier molecular flexibility index (Phi) is 5.87. The van der Waals surface area contributed by atoms with Gasteiger partial charge in [0.1, 0.15) is 0 Å². The average molecular weight is 267 g/mol. The molecule has 0 aliphatic carbocycles. The van der Waals surface area contributed by atoms with Gasteiger partial charge >= 0.3 is 89.5 Å². The third-order valence-electron chi connectivity index (χ3n) is 1.28. The maximum atomic E-state index is 12.0. The first kappa shape index (κ1) is 15.8. The minimum absolute atomic E-state index is 0.292. The number of hydrogen-bond acceptors (Lipinski definition) is 3. The van der Waals surface area contributed by atoms with Gasteiger partial charge in [-0.1, -0.05) is 0 Å². The summed E-state index contributed by atoms with van der Waals surface area (Å²) in [4.78, 5) is 3.26. The molecule has 0 bridgehead atoms. The summed E-state index contributed by atoms with van der Waals surface area (Å²) in [5.74, 6) is 0. The van der Waals surface area contributed by atoms with Gasteiger partial charge in [-0.05, 0) is 0 Å². The summed E-state index contributed by atoms with van der Waals surface area (Å²) in [5.41, 5.74) is -0.744. The molecule has 0 atom stereocenters. The van der Waals surface area contributed by atoms with Crippen LogP contribution in [-0.2, 0) is 16.6 Å². The Hall–Kier alpha value is -0.190. The molecular weight excluding hydrogens is 262 g/mol. The third kappa shape index (κ3) is 8.02. The second kappa shape index (κ2) is 5.94. The summed E-state index contributed by atoms with van der Waals surface area (Å²) >= 11 is 0.374. The van der Waals surface area contributed by atoms with Crippen molar-refractivity contribution in [1.29, 1.82) is 0 Å². The number of rotatable bonds is 0. The van der Waals surface area contributed by atoms with Gasteiger partial charge in [0.05, 0.1) is 0 Å². The molecule has 0 radical (unpaired) electrons. The van der Waals surface area contributed by atoms with Crippen LogP contribution >= 0.6 is 0 Å². The van der Waals surface area contributed by atoms with E-state index < -0.39 is 22.3 Å². The molecule has 0 aliphatic rings. The van der Waals surface area contributed by atoms with Crippen LogP contribution in [0.25, 0.3) is 0 Å². The summed E-state index contributed by atoms with van der Waals surface area (Å²) in [6.45, 7) is 0. The fourth-order valence-electron chi connectivity index (χ4n) is 0.782. The number of halogens is 3. The van der Waals surface area contributed by atoms with E-state index in [9.17, 15) is 13.2 Å². The Morgan fingerprint density at radius 3 is 2.00 bits per heavy atom. The summed E-state index contributed by atoms with van der Waals surface area (Å²) < 4.78 is 67.9. The molecule has 1 heterocycles. The van der Waals surface area contributed by atoms with E-state index in [2.05, 4.69) is 4.98 Å². The third-order valence-corrected chi connectivity index (χ3v) is 2.08. The maximum absolute atomic E-state index is 12.0. The van der Waals surface area contributed by atoms with Gasteiger partial charge in [0.2, 0.25) is 0 Å². The van der Waals surface area contributed by atoms with Gasteiger partial charge in [-0.3, -0.25) is 9.11 Å². The van der Waals surface area contributed by atoms with Gasteiger partial charge in [-0.25, -0.2) is 0 Å². The van der Waals surface area contributed by atoms with Crippen molar-refractivity contribution in [1.82, 2.24) is 4.98 Å². The standard InChI is InChI=1S/C6H3F3N.Na.H2O4S/c7-6(8,9)5-3-1-2-4-10-5;;1-5(2,3)4/h1-2,4H;;(H2,1,2,3,4). The van der Waals surface area contributed by atoms with Gasteiger partial charge in [-0.15, -0.1) is 0 Å². The van der Waals surface area contributed by atoms with E-state index in [1.807, 2.05) is 0 Å². The molecule has 0 amide bonds. The van der Waals surface area contributed by atoms with Gasteiger partial charge in [-0.2, -0.15) is 8.42 Å². The van der Waals surface area contributed by atoms with Crippen LogP contribution in [-0.4, -0.2) is 50.4 Å². The van der Waals surface area contributed by atoms with E-state index >= 15 is 0 Å². The Morgan fingerprint density at radius 2 is 1.75 bits per heavy atom. The molecule has 10 heteroatoms. The van der Waals surface area contributed by atoms with Crippen LogP contribution in [0.4, 0.5) is 13.2 Å². The minimum Gasteiger partial charge on any atom is -0.264 e. The van der Waals surface area contributed by atoms with Crippen molar-refractivity contribution in [2.75, 3.05) is 0 Å². The first-order chi connectivity index (χ1) is 7.02. The zero-order valence-corrected chi connectivity index (χ0v) is 10.7. The molecule has 86 valence electrons. The number of alkyl halides is 3. The molecule has 5 nitrogen and oxygen atoms in total. The Balaban J connectivity index is 0.000000385. The van der Waals surface area contributed by atoms with Crippen molar-refractivity contribution in [3.05, 3.63) is 24.0 Å². The fraction of sp³-hybridized carbons (Fsp3) is 0.167. The molecule has 0 aromatic carbocycles. The molecule has 1 rings (SSSR count). The zero-order chi connectivity index (χ0) is 13.0. The Morgan fingerprint density at radius 1 is 1.31 bits per heavy atom. The van der Waals surface area contributed by atoms with Crippen molar-refractivity contribution < 1.29 is 30.7 Å². The molecule has 0 fully saturated rings. The van der Waals surface area contributed by atoms with Crippen LogP contribution in [0.5, 0.6) is 0 Å². The van der Waals surface area contributed by atoms with E-state index in [-0.39, 0.29) is 0 Å². The van der Waals surface area contributed by atoms with E-state index in [1.165, 1.54) is 12.1 Å². The predicted octanol–water partition coefficient (Wildman–Crippen LogP) is 0.241. The first-order valence-electron chi connectivity index (χ1n) is 3.70. The monoisotopic (exact) mass is 267 g/mol. The maximum Gasteiger partial charge on any atom is 0.394 e. The van der Waals surface area contributed by atoms with E-state index in [1.54, 1.807) is 0 Å². The van der Waals surface area contributed by atoms with Gasteiger partial charge in [0.15, 0.2) is 0 Å². The average Bonchev–Trinajstić information content (AvgIpc) is 1.99. The molecular formula is C6H5F3NNaO4S. The number of hydrogen-bond donors (Lipinski definition) is 2. The van der Waals surface area contributed by atoms with Crippen LogP contribution in [0, 0.1) is 0 Å². The normalized spacial score (nSPS) is 11.7. The Labute approximate surface area is 107 Å². The first-order valence-corrected chi connectivity index (χ1v) is 6.10. The van der Waals surface area contributed by atoms with Crippen LogP contribution in [0.2, 0.25) is 0 Å². The summed E-state index contributed by atoms with van der Waals surface area (Å²) in [7, 11) is -4.67. The van der Waals surface area contributed by atoms with Crippen LogP contribution in [0.3, 0.4) is 0 Å². The SMILES string of the molecule is FC(F)(F)c1nccc[c]1[Na].O=S(=O)(O)O. The van der Waals surface area contributed by atoms with E-state index in [0.29, 0.717) is 30.7 Å². The Bertz CT molecular complexity index is 439. The second-order valence-corrected chi connectivity index (χ2v) is 4.59. The van der Waals surface area contributed by atoms with Gasteiger partial charge < -0.3 is 0 Å². The van der Waals surface area contributed by atoms with Crippen LogP contribution in [0.15, 0.2) is 18.3 Å². The largest absolute Gasteiger partial charge is 0.394 e.